The smallest absolute Gasteiger partial charge is 0.101 e. The first-order chi connectivity index (χ1) is 7.52. The van der Waals surface area contributed by atoms with Crippen LogP contribution in [0.2, 0.25) is 5.02 Å². The number of halogens is 1. The van der Waals surface area contributed by atoms with Crippen LogP contribution in [0.4, 0.5) is 5.69 Å². The zero-order valence-electron chi connectivity index (χ0n) is 9.63. The van der Waals surface area contributed by atoms with Crippen molar-refractivity contribution in [3.63, 3.8) is 0 Å². The summed E-state index contributed by atoms with van der Waals surface area (Å²) in [6.45, 7) is 6.67. The first-order valence-electron chi connectivity index (χ1n) is 5.46. The van der Waals surface area contributed by atoms with Crippen LogP contribution in [0.25, 0.3) is 0 Å². The normalized spacial score (nSPS) is 18.5. The maximum absolute atomic E-state index is 8.81. The molecule has 0 aromatic heterocycles. The molecule has 0 amide bonds. The van der Waals surface area contributed by atoms with Gasteiger partial charge < -0.3 is 4.90 Å². The van der Waals surface area contributed by atoms with Crippen LogP contribution in [-0.4, -0.2) is 13.1 Å². The summed E-state index contributed by atoms with van der Waals surface area (Å²) in [6.07, 6.45) is 1.20. The van der Waals surface area contributed by atoms with Gasteiger partial charge >= 0.3 is 0 Å². The fourth-order valence-electron chi connectivity index (χ4n) is 2.12. The number of anilines is 1. The fraction of sp³-hybridized carbons (Fsp3) is 0.462. The molecule has 0 N–H and O–H groups in total. The van der Waals surface area contributed by atoms with Crippen LogP contribution >= 0.6 is 11.6 Å². The Bertz CT molecular complexity index is 446. The van der Waals surface area contributed by atoms with Crippen LogP contribution in [-0.2, 0) is 0 Å². The van der Waals surface area contributed by atoms with Gasteiger partial charge in [0.25, 0.3) is 0 Å². The maximum Gasteiger partial charge on any atom is 0.101 e. The molecule has 16 heavy (non-hydrogen) atoms. The molecule has 2 nitrogen and oxygen atoms in total. The topological polar surface area (TPSA) is 27.0 Å². The molecule has 0 unspecified atom stereocenters. The predicted molar refractivity (Wildman–Crippen MR) is 66.8 cm³/mol. The number of rotatable bonds is 1. The maximum atomic E-state index is 8.81. The van der Waals surface area contributed by atoms with Gasteiger partial charge in [-0.1, -0.05) is 25.4 Å². The van der Waals surface area contributed by atoms with Crippen LogP contribution < -0.4 is 4.90 Å². The average Bonchev–Trinajstić information content (AvgIpc) is 2.59. The molecule has 0 radical (unpaired) electrons. The lowest BCUT2D eigenvalue weighted by Crippen LogP contribution is -2.22. The van der Waals surface area contributed by atoms with Crippen molar-refractivity contribution in [3.05, 3.63) is 28.8 Å². The molecule has 3 heteroatoms. The van der Waals surface area contributed by atoms with Gasteiger partial charge in [0.2, 0.25) is 0 Å². The monoisotopic (exact) mass is 234 g/mol. The Morgan fingerprint density at radius 2 is 2.19 bits per heavy atom. The first-order valence-corrected chi connectivity index (χ1v) is 5.84. The van der Waals surface area contributed by atoms with Crippen LogP contribution in [0, 0.1) is 16.7 Å². The van der Waals surface area contributed by atoms with E-state index >= 15 is 0 Å². The van der Waals surface area contributed by atoms with Gasteiger partial charge in [-0.25, -0.2) is 0 Å². The molecule has 0 saturated carbocycles. The largest absolute Gasteiger partial charge is 0.371 e. The zero-order chi connectivity index (χ0) is 11.8. The Labute approximate surface area is 101 Å². The molecule has 0 atom stereocenters. The number of hydrogen-bond acceptors (Lipinski definition) is 2. The minimum Gasteiger partial charge on any atom is -0.371 e. The average molecular weight is 235 g/mol. The van der Waals surface area contributed by atoms with Crippen molar-refractivity contribution in [2.24, 2.45) is 5.41 Å². The molecule has 1 saturated heterocycles. The van der Waals surface area contributed by atoms with Crippen molar-refractivity contribution in [1.82, 2.24) is 0 Å². The minimum atomic E-state index is 0.375. The van der Waals surface area contributed by atoms with Crippen molar-refractivity contribution >= 4 is 17.3 Å². The Kier molecular flexibility index (Phi) is 2.82. The van der Waals surface area contributed by atoms with Gasteiger partial charge in [-0.3, -0.25) is 0 Å². The third-order valence-corrected chi connectivity index (χ3v) is 3.43. The van der Waals surface area contributed by atoms with E-state index in [2.05, 4.69) is 24.8 Å². The molecule has 1 aliphatic heterocycles. The lowest BCUT2D eigenvalue weighted by Gasteiger charge is -2.21. The summed E-state index contributed by atoms with van der Waals surface area (Å²) in [4.78, 5) is 2.33. The Morgan fingerprint density at radius 1 is 1.44 bits per heavy atom. The molecule has 84 valence electrons. The van der Waals surface area contributed by atoms with E-state index in [0.717, 1.165) is 18.8 Å². The summed E-state index contributed by atoms with van der Waals surface area (Å²) in [6, 6.07) is 7.74. The van der Waals surface area contributed by atoms with E-state index in [0.29, 0.717) is 16.0 Å². The second-order valence-corrected chi connectivity index (χ2v) is 5.52. The summed E-state index contributed by atoms with van der Waals surface area (Å²) >= 11 is 6.03. The van der Waals surface area contributed by atoms with Gasteiger partial charge in [-0.05, 0) is 30.0 Å². The quantitative estimate of drug-likeness (QED) is 0.744. The molecule has 1 fully saturated rings. The highest BCUT2D eigenvalue weighted by Gasteiger charge is 2.29. The van der Waals surface area contributed by atoms with E-state index in [-0.39, 0.29) is 0 Å². The number of benzene rings is 1. The Balaban J connectivity index is 2.24. The minimum absolute atomic E-state index is 0.375. The predicted octanol–water partition coefficient (Wildman–Crippen LogP) is 3.45. The molecule has 0 spiro atoms. The van der Waals surface area contributed by atoms with Crippen LogP contribution in [0.3, 0.4) is 0 Å². The third-order valence-electron chi connectivity index (χ3n) is 3.12. The number of hydrogen-bond donors (Lipinski definition) is 0. The van der Waals surface area contributed by atoms with Gasteiger partial charge in [-0.15, -0.1) is 0 Å². The summed E-state index contributed by atoms with van der Waals surface area (Å²) in [7, 11) is 0. The summed E-state index contributed by atoms with van der Waals surface area (Å²) < 4.78 is 0. The van der Waals surface area contributed by atoms with Gasteiger partial charge in [0.1, 0.15) is 6.07 Å². The Hall–Kier alpha value is -1.20. The summed E-state index contributed by atoms with van der Waals surface area (Å²) in [5.41, 5.74) is 2.04. The lowest BCUT2D eigenvalue weighted by atomic mass is 9.93. The summed E-state index contributed by atoms with van der Waals surface area (Å²) in [5.74, 6) is 0. The fourth-order valence-corrected chi connectivity index (χ4v) is 2.34. The second-order valence-electron chi connectivity index (χ2n) is 5.11. The molecular formula is C13H15ClN2. The molecule has 2 rings (SSSR count). The lowest BCUT2D eigenvalue weighted by molar-refractivity contribution is 0.418. The van der Waals surface area contributed by atoms with Crippen molar-refractivity contribution in [2.75, 3.05) is 18.0 Å². The summed E-state index contributed by atoms with van der Waals surface area (Å²) in [5, 5.41) is 9.36. The van der Waals surface area contributed by atoms with Crippen molar-refractivity contribution < 1.29 is 0 Å². The standard InChI is InChI=1S/C13H15ClN2/c1-13(2)5-6-16(9-13)11-4-3-10(8-15)12(14)7-11/h3-4,7H,5-6,9H2,1-2H3. The SMILES string of the molecule is CC1(C)CCN(c2ccc(C#N)c(Cl)c2)C1. The third kappa shape index (κ3) is 2.15. The van der Waals surface area contributed by atoms with Gasteiger partial charge in [-0.2, -0.15) is 5.26 Å². The zero-order valence-corrected chi connectivity index (χ0v) is 10.4. The molecule has 0 aliphatic carbocycles. The van der Waals surface area contributed by atoms with Crippen LogP contribution in [0.1, 0.15) is 25.8 Å². The van der Waals surface area contributed by atoms with Gasteiger partial charge in [0, 0.05) is 18.8 Å². The van der Waals surface area contributed by atoms with Crippen LogP contribution in [0.15, 0.2) is 18.2 Å². The van der Waals surface area contributed by atoms with E-state index < -0.39 is 0 Å². The second kappa shape index (κ2) is 3.99. The van der Waals surface area contributed by atoms with Crippen LogP contribution in [0.5, 0.6) is 0 Å². The molecule has 1 aromatic carbocycles. The first kappa shape index (κ1) is 11.3. The van der Waals surface area contributed by atoms with Crippen molar-refractivity contribution in [3.8, 4) is 6.07 Å². The van der Waals surface area contributed by atoms with E-state index in [1.165, 1.54) is 6.42 Å². The van der Waals surface area contributed by atoms with E-state index in [9.17, 15) is 0 Å². The van der Waals surface area contributed by atoms with E-state index in [4.69, 9.17) is 16.9 Å². The highest BCUT2D eigenvalue weighted by molar-refractivity contribution is 6.32. The molecule has 1 heterocycles. The van der Waals surface area contributed by atoms with E-state index in [1.807, 2.05) is 12.1 Å². The highest BCUT2D eigenvalue weighted by Crippen LogP contribution is 2.33. The van der Waals surface area contributed by atoms with Gasteiger partial charge in [0.15, 0.2) is 0 Å². The molecule has 0 bridgehead atoms. The highest BCUT2D eigenvalue weighted by atomic mass is 35.5. The number of nitrogens with zero attached hydrogens (tertiary/aromatic N) is 2. The van der Waals surface area contributed by atoms with Crippen molar-refractivity contribution in [2.45, 2.75) is 20.3 Å². The molecular weight excluding hydrogens is 220 g/mol. The van der Waals surface area contributed by atoms with Crippen molar-refractivity contribution in [1.29, 1.82) is 5.26 Å². The molecule has 1 aromatic rings. The van der Waals surface area contributed by atoms with Gasteiger partial charge in [0.05, 0.1) is 10.6 Å². The number of nitriles is 1. The van der Waals surface area contributed by atoms with E-state index in [1.54, 1.807) is 6.07 Å². The Morgan fingerprint density at radius 3 is 2.69 bits per heavy atom. The molecule has 1 aliphatic rings.